The molecule has 0 aliphatic carbocycles. The van der Waals surface area contributed by atoms with Gasteiger partial charge in [0.1, 0.15) is 13.2 Å². The number of carbonyl (C=O) groups is 2. The zero-order chi connectivity index (χ0) is 23.7. The van der Waals surface area contributed by atoms with E-state index in [2.05, 4.69) is 9.44 Å². The summed E-state index contributed by atoms with van der Waals surface area (Å²) in [6, 6.07) is 0. The molecule has 0 atom stereocenters. The highest BCUT2D eigenvalue weighted by Crippen LogP contribution is 1.96. The molecule has 0 radical (unpaired) electrons. The highest BCUT2D eigenvalue weighted by atomic mass is 32.2. The molecule has 0 aliphatic rings. The van der Waals surface area contributed by atoms with Gasteiger partial charge in [0.2, 0.25) is 0 Å². The third kappa shape index (κ3) is 22.7. The lowest BCUT2D eigenvalue weighted by molar-refractivity contribution is 0.0483. The highest BCUT2D eigenvalue weighted by molar-refractivity contribution is 7.96. The van der Waals surface area contributed by atoms with Crippen LogP contribution >= 0.6 is 12.1 Å². The molecule has 0 spiro atoms. The van der Waals surface area contributed by atoms with E-state index in [4.69, 9.17) is 39.9 Å². The van der Waals surface area contributed by atoms with Crippen LogP contribution in [0.5, 0.6) is 0 Å². The number of hydrogen-bond donors (Lipinski definition) is 5. The number of methoxy groups -OCH3 is 1. The molecule has 184 valence electrons. The first kappa shape index (κ1) is 31.3. The van der Waals surface area contributed by atoms with Crippen molar-refractivity contribution in [2.45, 2.75) is 13.3 Å². The second-order valence-corrected chi connectivity index (χ2v) is 6.18. The van der Waals surface area contributed by atoms with Crippen LogP contribution in [0.4, 0.5) is 9.59 Å². The Kier molecular flexibility index (Phi) is 24.7. The van der Waals surface area contributed by atoms with Gasteiger partial charge in [0, 0.05) is 46.4 Å². The number of rotatable bonds is 17. The van der Waals surface area contributed by atoms with Gasteiger partial charge in [0.05, 0.1) is 33.0 Å². The molecule has 0 aromatic carbocycles. The Labute approximate surface area is 188 Å². The van der Waals surface area contributed by atoms with Crippen molar-refractivity contribution in [2.24, 2.45) is 5.73 Å². The number of nitrogens with one attached hydrogen (secondary N) is 3. The summed E-state index contributed by atoms with van der Waals surface area (Å²) in [5.74, 6) is 0.0870. The molecular formula is C17H37N5O8S. The predicted molar refractivity (Wildman–Crippen MR) is 117 cm³/mol. The zero-order valence-electron chi connectivity index (χ0n) is 18.5. The SMILES string of the molecule is CO.COCCN(CCOC(C)=N)C(=O)OCCOCCNSNC(=O)OCCCN. The molecule has 0 aromatic rings. The molecule has 0 bridgehead atoms. The second-order valence-electron chi connectivity index (χ2n) is 5.49. The van der Waals surface area contributed by atoms with Crippen LogP contribution in [-0.2, 0) is 23.7 Å². The largest absolute Gasteiger partial charge is 0.480 e. The molecule has 13 nitrogen and oxygen atoms in total. The smallest absolute Gasteiger partial charge is 0.418 e. The number of nitrogens with two attached hydrogens (primary N) is 1. The molecule has 14 heteroatoms. The van der Waals surface area contributed by atoms with Crippen LogP contribution in [0.25, 0.3) is 0 Å². The first-order valence-electron chi connectivity index (χ1n) is 9.63. The van der Waals surface area contributed by atoms with Crippen molar-refractivity contribution in [1.29, 1.82) is 5.41 Å². The van der Waals surface area contributed by atoms with Gasteiger partial charge in [-0.1, -0.05) is 0 Å². The quantitative estimate of drug-likeness (QED) is 0.0830. The molecule has 0 saturated carbocycles. The van der Waals surface area contributed by atoms with Crippen LogP contribution in [-0.4, -0.2) is 108 Å². The molecule has 2 amide bonds. The van der Waals surface area contributed by atoms with Gasteiger partial charge in [-0.25, -0.2) is 14.3 Å². The Morgan fingerprint density at radius 2 is 1.74 bits per heavy atom. The van der Waals surface area contributed by atoms with Gasteiger partial charge in [0.15, 0.2) is 5.90 Å². The lowest BCUT2D eigenvalue weighted by Crippen LogP contribution is -2.37. The zero-order valence-corrected chi connectivity index (χ0v) is 19.3. The fourth-order valence-corrected chi connectivity index (χ4v) is 2.11. The van der Waals surface area contributed by atoms with Gasteiger partial charge in [-0.15, -0.1) is 0 Å². The van der Waals surface area contributed by atoms with Crippen LogP contribution in [0, 0.1) is 5.41 Å². The number of nitrogens with zero attached hydrogens (tertiary/aromatic N) is 1. The Bertz CT molecular complexity index is 462. The van der Waals surface area contributed by atoms with Gasteiger partial charge < -0.3 is 39.4 Å². The minimum Gasteiger partial charge on any atom is -0.480 e. The van der Waals surface area contributed by atoms with Gasteiger partial charge >= 0.3 is 12.2 Å². The Hall–Kier alpha value is -1.84. The minimum atomic E-state index is -0.539. The molecule has 6 N–H and O–H groups in total. The van der Waals surface area contributed by atoms with Crippen molar-refractivity contribution in [2.75, 3.05) is 80.0 Å². The van der Waals surface area contributed by atoms with Crippen LogP contribution in [0.1, 0.15) is 13.3 Å². The van der Waals surface area contributed by atoms with Crippen molar-refractivity contribution in [1.82, 2.24) is 14.3 Å². The number of aliphatic hydroxyl groups is 1. The normalized spacial score (nSPS) is 9.84. The van der Waals surface area contributed by atoms with Crippen molar-refractivity contribution >= 4 is 30.2 Å². The second kappa shape index (κ2) is 24.4. The maximum absolute atomic E-state index is 12.1. The average molecular weight is 472 g/mol. The summed E-state index contributed by atoms with van der Waals surface area (Å²) in [6.45, 7) is 4.69. The number of carbonyl (C=O) groups excluding carboxylic acids is 2. The summed E-state index contributed by atoms with van der Waals surface area (Å²) < 4.78 is 30.7. The van der Waals surface area contributed by atoms with Gasteiger partial charge in [-0.3, -0.25) is 10.1 Å². The fraction of sp³-hybridized carbons (Fsp3) is 0.824. The van der Waals surface area contributed by atoms with E-state index in [0.717, 1.165) is 19.2 Å². The van der Waals surface area contributed by atoms with E-state index in [-0.39, 0.29) is 32.3 Å². The summed E-state index contributed by atoms with van der Waals surface area (Å²) in [5, 5.41) is 14.2. The topological polar surface area (TPSA) is 178 Å². The lowest BCUT2D eigenvalue weighted by atomic mass is 10.5. The molecule has 0 heterocycles. The number of hydrogen-bond acceptors (Lipinski definition) is 12. The molecule has 0 saturated heterocycles. The standard InChI is InChI=1S/C16H33N5O7S.CH4O/c1-14(18)26-11-7-21(6-10-24-2)16(23)28-13-12-25-9-5-19-29-20-15(22)27-8-3-4-17;1-2/h18-19H,3-13,17H2,1-2H3,(H,20,22);2H,1H3. The first-order valence-corrected chi connectivity index (χ1v) is 10.5. The average Bonchev–Trinajstić information content (AvgIpc) is 2.76. The van der Waals surface area contributed by atoms with Crippen LogP contribution in [0.3, 0.4) is 0 Å². The summed E-state index contributed by atoms with van der Waals surface area (Å²) in [6.07, 6.45) is -0.420. The molecule has 0 aliphatic heterocycles. The van der Waals surface area contributed by atoms with Crippen molar-refractivity contribution in [3.63, 3.8) is 0 Å². The van der Waals surface area contributed by atoms with Crippen molar-refractivity contribution < 1.29 is 38.4 Å². The maximum atomic E-state index is 12.1. The van der Waals surface area contributed by atoms with Crippen LogP contribution in [0.15, 0.2) is 0 Å². The third-order valence-corrected chi connectivity index (χ3v) is 3.71. The molecule has 31 heavy (non-hydrogen) atoms. The Balaban J connectivity index is 0. The summed E-state index contributed by atoms with van der Waals surface area (Å²) >= 11 is 0.993. The molecule has 0 aromatic heterocycles. The minimum absolute atomic E-state index is 0.0870. The summed E-state index contributed by atoms with van der Waals surface area (Å²) in [7, 11) is 2.54. The van der Waals surface area contributed by atoms with Crippen molar-refractivity contribution in [3.05, 3.63) is 0 Å². The first-order chi connectivity index (χ1) is 15.0. The molecular weight excluding hydrogens is 434 g/mol. The van der Waals surface area contributed by atoms with Gasteiger partial charge in [-0.05, 0) is 13.0 Å². The molecule has 0 unspecified atom stereocenters. The summed E-state index contributed by atoms with van der Waals surface area (Å²) in [5.41, 5.74) is 5.29. The van der Waals surface area contributed by atoms with E-state index in [1.807, 2.05) is 0 Å². The predicted octanol–water partition coefficient (Wildman–Crippen LogP) is -0.0619. The Morgan fingerprint density at radius 1 is 1.03 bits per heavy atom. The van der Waals surface area contributed by atoms with Crippen LogP contribution < -0.4 is 15.2 Å². The van der Waals surface area contributed by atoms with Crippen LogP contribution in [0.2, 0.25) is 0 Å². The number of ether oxygens (including phenoxy) is 5. The fourth-order valence-electron chi connectivity index (χ4n) is 1.71. The van der Waals surface area contributed by atoms with E-state index < -0.39 is 12.2 Å². The number of aliphatic hydroxyl groups excluding tert-OH is 1. The van der Waals surface area contributed by atoms with E-state index in [1.54, 1.807) is 7.11 Å². The van der Waals surface area contributed by atoms with Crippen molar-refractivity contribution in [3.8, 4) is 0 Å². The third-order valence-electron chi connectivity index (χ3n) is 3.09. The number of amides is 2. The van der Waals surface area contributed by atoms with E-state index in [9.17, 15) is 9.59 Å². The van der Waals surface area contributed by atoms with E-state index in [1.165, 1.54) is 11.8 Å². The molecule has 0 rings (SSSR count). The molecule has 0 fully saturated rings. The summed E-state index contributed by atoms with van der Waals surface area (Å²) in [4.78, 5) is 24.7. The lowest BCUT2D eigenvalue weighted by Gasteiger charge is -2.21. The van der Waals surface area contributed by atoms with Gasteiger partial charge in [-0.2, -0.15) is 0 Å². The van der Waals surface area contributed by atoms with Gasteiger partial charge in [0.25, 0.3) is 0 Å². The highest BCUT2D eigenvalue weighted by Gasteiger charge is 2.14. The Morgan fingerprint density at radius 3 is 2.39 bits per heavy atom. The van der Waals surface area contributed by atoms with E-state index in [0.29, 0.717) is 45.8 Å². The van der Waals surface area contributed by atoms with E-state index >= 15 is 0 Å². The maximum Gasteiger partial charge on any atom is 0.418 e. The monoisotopic (exact) mass is 471 g/mol.